The minimum Gasteiger partial charge on any atom is -0.271 e. The number of hydrazine groups is 1. The molecule has 0 saturated heterocycles. The summed E-state index contributed by atoms with van der Waals surface area (Å²) in [4.78, 5) is 0. The molecule has 1 unspecified atom stereocenters. The quantitative estimate of drug-likeness (QED) is 0.667. The molecular formula is C14H13BrF2N2. The molecule has 0 aliphatic carbocycles. The van der Waals surface area contributed by atoms with Crippen molar-refractivity contribution in [2.24, 2.45) is 5.84 Å². The zero-order valence-corrected chi connectivity index (χ0v) is 11.6. The summed E-state index contributed by atoms with van der Waals surface area (Å²) >= 11 is 3.35. The Morgan fingerprint density at radius 3 is 2.58 bits per heavy atom. The molecule has 0 spiro atoms. The van der Waals surface area contributed by atoms with Crippen LogP contribution in [0.3, 0.4) is 0 Å². The van der Waals surface area contributed by atoms with E-state index in [0.29, 0.717) is 12.0 Å². The number of hydrogen-bond acceptors (Lipinski definition) is 2. The topological polar surface area (TPSA) is 38.0 Å². The van der Waals surface area contributed by atoms with Crippen LogP contribution in [0.15, 0.2) is 46.9 Å². The summed E-state index contributed by atoms with van der Waals surface area (Å²) in [6, 6.07) is 10.4. The first-order valence-corrected chi connectivity index (χ1v) is 6.55. The van der Waals surface area contributed by atoms with Gasteiger partial charge in [0.1, 0.15) is 11.6 Å². The molecule has 0 heterocycles. The summed E-state index contributed by atoms with van der Waals surface area (Å²) in [5, 5.41) is 0. The Hall–Kier alpha value is -1.30. The van der Waals surface area contributed by atoms with Crippen LogP contribution < -0.4 is 11.3 Å². The summed E-state index contributed by atoms with van der Waals surface area (Å²) in [7, 11) is 0. The monoisotopic (exact) mass is 326 g/mol. The minimum atomic E-state index is -0.417. The Kier molecular flexibility index (Phi) is 4.63. The molecule has 0 saturated carbocycles. The first kappa shape index (κ1) is 14.1. The second kappa shape index (κ2) is 6.23. The Bertz CT molecular complexity index is 575. The van der Waals surface area contributed by atoms with Gasteiger partial charge in [-0.25, -0.2) is 8.78 Å². The summed E-state index contributed by atoms with van der Waals surface area (Å²) < 4.78 is 27.7. The van der Waals surface area contributed by atoms with E-state index in [2.05, 4.69) is 21.4 Å². The molecular weight excluding hydrogens is 314 g/mol. The second-order valence-electron chi connectivity index (χ2n) is 4.18. The molecule has 2 rings (SSSR count). The maximum absolute atomic E-state index is 13.7. The van der Waals surface area contributed by atoms with E-state index < -0.39 is 6.04 Å². The summed E-state index contributed by atoms with van der Waals surface area (Å²) in [6.07, 6.45) is 0.385. The maximum Gasteiger partial charge on any atom is 0.128 e. The molecule has 0 aromatic heterocycles. The standard InChI is InChI=1S/C14H13BrF2N2/c15-12-6-5-10(16)7-9(12)8-14(19-18)11-3-1-2-4-13(11)17/h1-7,14,19H,8,18H2. The van der Waals surface area contributed by atoms with Crippen LogP contribution in [0.5, 0.6) is 0 Å². The molecule has 0 radical (unpaired) electrons. The van der Waals surface area contributed by atoms with Gasteiger partial charge in [-0.3, -0.25) is 11.3 Å². The Balaban J connectivity index is 2.29. The van der Waals surface area contributed by atoms with Crippen molar-refractivity contribution in [3.05, 3.63) is 69.7 Å². The van der Waals surface area contributed by atoms with Crippen LogP contribution in [-0.4, -0.2) is 0 Å². The van der Waals surface area contributed by atoms with Gasteiger partial charge in [0.05, 0.1) is 6.04 Å². The number of hydrogen-bond donors (Lipinski definition) is 2. The summed E-state index contributed by atoms with van der Waals surface area (Å²) in [5.74, 6) is 4.82. The van der Waals surface area contributed by atoms with E-state index in [1.165, 1.54) is 18.2 Å². The third-order valence-corrected chi connectivity index (χ3v) is 3.69. The first-order valence-electron chi connectivity index (χ1n) is 5.76. The maximum atomic E-state index is 13.7. The van der Waals surface area contributed by atoms with Crippen molar-refractivity contribution < 1.29 is 8.78 Å². The number of benzene rings is 2. The second-order valence-corrected chi connectivity index (χ2v) is 5.03. The molecule has 1 atom stereocenters. The Labute approximate surface area is 118 Å². The highest BCUT2D eigenvalue weighted by atomic mass is 79.9. The summed E-state index contributed by atoms with van der Waals surface area (Å²) in [6.45, 7) is 0. The van der Waals surface area contributed by atoms with Crippen molar-refractivity contribution in [1.82, 2.24) is 5.43 Å². The van der Waals surface area contributed by atoms with Crippen LogP contribution in [0, 0.1) is 11.6 Å². The van der Waals surface area contributed by atoms with Crippen LogP contribution in [0.1, 0.15) is 17.2 Å². The van der Waals surface area contributed by atoms with Crippen molar-refractivity contribution >= 4 is 15.9 Å². The predicted octanol–water partition coefficient (Wildman–Crippen LogP) is 3.47. The van der Waals surface area contributed by atoms with Gasteiger partial charge in [0.15, 0.2) is 0 Å². The van der Waals surface area contributed by atoms with E-state index in [1.54, 1.807) is 24.3 Å². The lowest BCUT2D eigenvalue weighted by atomic mass is 9.99. The van der Waals surface area contributed by atoms with Crippen molar-refractivity contribution in [3.8, 4) is 0 Å². The van der Waals surface area contributed by atoms with Crippen molar-refractivity contribution in [2.75, 3.05) is 0 Å². The van der Waals surface area contributed by atoms with Gasteiger partial charge < -0.3 is 0 Å². The number of halogens is 3. The normalized spacial score (nSPS) is 12.4. The largest absolute Gasteiger partial charge is 0.271 e. The highest BCUT2D eigenvalue weighted by molar-refractivity contribution is 9.10. The fourth-order valence-corrected chi connectivity index (χ4v) is 2.34. The van der Waals surface area contributed by atoms with Gasteiger partial charge >= 0.3 is 0 Å². The molecule has 100 valence electrons. The number of nitrogens with one attached hydrogen (secondary N) is 1. The average molecular weight is 327 g/mol. The predicted molar refractivity (Wildman–Crippen MR) is 74.3 cm³/mol. The zero-order chi connectivity index (χ0) is 13.8. The molecule has 2 nitrogen and oxygen atoms in total. The van der Waals surface area contributed by atoms with Crippen LogP contribution in [-0.2, 0) is 6.42 Å². The lowest BCUT2D eigenvalue weighted by Gasteiger charge is -2.18. The van der Waals surface area contributed by atoms with Crippen LogP contribution in [0.25, 0.3) is 0 Å². The van der Waals surface area contributed by atoms with E-state index in [0.717, 1.165) is 10.0 Å². The third-order valence-electron chi connectivity index (χ3n) is 2.91. The van der Waals surface area contributed by atoms with Crippen molar-refractivity contribution in [1.29, 1.82) is 0 Å². The molecule has 0 fully saturated rings. The van der Waals surface area contributed by atoms with Gasteiger partial charge in [-0.15, -0.1) is 0 Å². The van der Waals surface area contributed by atoms with E-state index in [4.69, 9.17) is 5.84 Å². The van der Waals surface area contributed by atoms with Gasteiger partial charge in [-0.05, 0) is 36.2 Å². The molecule has 3 N–H and O–H groups in total. The SMILES string of the molecule is NNC(Cc1cc(F)ccc1Br)c1ccccc1F. The number of rotatable bonds is 4. The van der Waals surface area contributed by atoms with E-state index in [1.807, 2.05) is 0 Å². The molecule has 0 amide bonds. The van der Waals surface area contributed by atoms with Crippen LogP contribution in [0.2, 0.25) is 0 Å². The van der Waals surface area contributed by atoms with Crippen LogP contribution >= 0.6 is 15.9 Å². The zero-order valence-electron chi connectivity index (χ0n) is 10.0. The highest BCUT2D eigenvalue weighted by Crippen LogP contribution is 2.25. The summed E-state index contributed by atoms with van der Waals surface area (Å²) in [5.41, 5.74) is 3.76. The molecule has 0 aliphatic rings. The van der Waals surface area contributed by atoms with Crippen molar-refractivity contribution in [3.63, 3.8) is 0 Å². The fourth-order valence-electron chi connectivity index (χ4n) is 1.94. The molecule has 5 heteroatoms. The third kappa shape index (κ3) is 3.37. The number of nitrogens with two attached hydrogens (primary N) is 1. The van der Waals surface area contributed by atoms with Gasteiger partial charge in [0.25, 0.3) is 0 Å². The van der Waals surface area contributed by atoms with E-state index in [9.17, 15) is 8.78 Å². The molecule has 2 aromatic rings. The Morgan fingerprint density at radius 2 is 1.89 bits per heavy atom. The van der Waals surface area contributed by atoms with Gasteiger partial charge in [0, 0.05) is 10.0 Å². The molecule has 2 aromatic carbocycles. The average Bonchev–Trinajstić information content (AvgIpc) is 2.41. The van der Waals surface area contributed by atoms with Gasteiger partial charge in [-0.1, -0.05) is 34.1 Å². The minimum absolute atomic E-state index is 0.331. The first-order chi connectivity index (χ1) is 9.11. The van der Waals surface area contributed by atoms with Crippen LogP contribution in [0.4, 0.5) is 8.78 Å². The van der Waals surface area contributed by atoms with E-state index >= 15 is 0 Å². The van der Waals surface area contributed by atoms with E-state index in [-0.39, 0.29) is 11.6 Å². The fraction of sp³-hybridized carbons (Fsp3) is 0.143. The van der Waals surface area contributed by atoms with Gasteiger partial charge in [-0.2, -0.15) is 0 Å². The lowest BCUT2D eigenvalue weighted by molar-refractivity contribution is 0.508. The Morgan fingerprint density at radius 1 is 1.16 bits per heavy atom. The highest BCUT2D eigenvalue weighted by Gasteiger charge is 2.16. The molecule has 0 aliphatic heterocycles. The van der Waals surface area contributed by atoms with Crippen molar-refractivity contribution in [2.45, 2.75) is 12.5 Å². The molecule has 0 bridgehead atoms. The lowest BCUT2D eigenvalue weighted by Crippen LogP contribution is -2.30. The molecule has 19 heavy (non-hydrogen) atoms. The smallest absolute Gasteiger partial charge is 0.128 e. The van der Waals surface area contributed by atoms with Gasteiger partial charge in [0.2, 0.25) is 0 Å².